The van der Waals surface area contributed by atoms with E-state index in [-0.39, 0.29) is 11.8 Å². The van der Waals surface area contributed by atoms with Crippen molar-refractivity contribution in [1.82, 2.24) is 30.4 Å². The maximum absolute atomic E-state index is 12.4. The van der Waals surface area contributed by atoms with Gasteiger partial charge in [-0.05, 0) is 44.9 Å². The lowest BCUT2D eigenvalue weighted by molar-refractivity contribution is 0.0958. The Hall–Kier alpha value is -4.14. The highest BCUT2D eigenvalue weighted by Gasteiger charge is 2.24. The number of carbonyl (C=O) groups excluding carboxylic acids is 1. The highest BCUT2D eigenvalue weighted by atomic mass is 16.5. The molecule has 9 nitrogen and oxygen atoms in total. The third-order valence-corrected chi connectivity index (χ3v) is 6.34. The first kappa shape index (κ1) is 22.6. The Morgan fingerprint density at radius 3 is 2.49 bits per heavy atom. The van der Waals surface area contributed by atoms with Gasteiger partial charge in [-0.25, -0.2) is 9.97 Å². The summed E-state index contributed by atoms with van der Waals surface area (Å²) in [5.41, 5.74) is 7.29. The first-order chi connectivity index (χ1) is 16.7. The lowest BCUT2D eigenvalue weighted by atomic mass is 9.98. The summed E-state index contributed by atoms with van der Waals surface area (Å²) in [6, 6.07) is 5.90. The van der Waals surface area contributed by atoms with Crippen LogP contribution in [-0.2, 0) is 0 Å². The molecule has 4 heterocycles. The summed E-state index contributed by atoms with van der Waals surface area (Å²) < 4.78 is 11.2. The van der Waals surface area contributed by atoms with Gasteiger partial charge in [0, 0.05) is 34.8 Å². The lowest BCUT2D eigenvalue weighted by Gasteiger charge is -2.10. The number of benzene rings is 1. The third-order valence-electron chi connectivity index (χ3n) is 6.34. The van der Waals surface area contributed by atoms with Crippen molar-refractivity contribution in [3.63, 3.8) is 0 Å². The molecule has 0 atom stereocenters. The second-order valence-corrected chi connectivity index (χ2v) is 9.01. The number of H-pyrrole nitrogens is 2. The van der Waals surface area contributed by atoms with Gasteiger partial charge >= 0.3 is 0 Å². The van der Waals surface area contributed by atoms with Gasteiger partial charge in [0.1, 0.15) is 28.7 Å². The van der Waals surface area contributed by atoms with Gasteiger partial charge in [-0.1, -0.05) is 19.0 Å². The number of nitrogens with one attached hydrogen (secondary N) is 3. The van der Waals surface area contributed by atoms with Crippen LogP contribution in [0.1, 0.15) is 53.2 Å². The molecule has 0 radical (unpaired) electrons. The molecule has 0 spiro atoms. The summed E-state index contributed by atoms with van der Waals surface area (Å²) in [5, 5.41) is 8.60. The molecule has 0 bridgehead atoms. The summed E-state index contributed by atoms with van der Waals surface area (Å²) in [7, 11) is 3.27. The molecule has 1 aromatic carbocycles. The Morgan fingerprint density at radius 1 is 1.09 bits per heavy atom. The number of aromatic nitrogens is 5. The van der Waals surface area contributed by atoms with Crippen LogP contribution < -0.4 is 10.1 Å². The van der Waals surface area contributed by atoms with Crippen LogP contribution in [-0.4, -0.2) is 45.2 Å². The molecule has 180 valence electrons. The van der Waals surface area contributed by atoms with E-state index < -0.39 is 0 Å². The van der Waals surface area contributed by atoms with E-state index in [9.17, 15) is 4.79 Å². The van der Waals surface area contributed by atoms with Crippen LogP contribution in [0.3, 0.4) is 0 Å². The fraction of sp³-hybridized carbons (Fsp3) is 0.308. The first-order valence-corrected chi connectivity index (χ1v) is 11.5. The normalized spacial score (nSPS) is 11.7. The number of amides is 1. The maximum atomic E-state index is 12.4. The third kappa shape index (κ3) is 3.54. The van der Waals surface area contributed by atoms with Crippen molar-refractivity contribution in [2.75, 3.05) is 14.2 Å². The Bertz CT molecular complexity index is 1590. The summed E-state index contributed by atoms with van der Waals surface area (Å²) in [6.07, 6.45) is 0. The molecular weight excluding hydrogens is 444 g/mol. The van der Waals surface area contributed by atoms with Crippen LogP contribution in [0.4, 0.5) is 0 Å². The van der Waals surface area contributed by atoms with Crippen LogP contribution in [0.15, 0.2) is 22.7 Å². The first-order valence-electron chi connectivity index (χ1n) is 11.5. The molecule has 5 aromatic rings. The van der Waals surface area contributed by atoms with Crippen LogP contribution in [0, 0.1) is 20.8 Å². The zero-order valence-electron chi connectivity index (χ0n) is 20.9. The zero-order valence-corrected chi connectivity index (χ0v) is 20.9. The van der Waals surface area contributed by atoms with Gasteiger partial charge in [0.2, 0.25) is 0 Å². The molecule has 0 fully saturated rings. The van der Waals surface area contributed by atoms with Crippen LogP contribution in [0.2, 0.25) is 0 Å². The minimum atomic E-state index is -0.176. The average Bonchev–Trinajstić information content (AvgIpc) is 3.51. The number of ether oxygens (including phenoxy) is 1. The predicted molar refractivity (Wildman–Crippen MR) is 135 cm³/mol. The number of rotatable bonds is 5. The molecule has 0 aliphatic rings. The number of nitrogens with zero attached hydrogens (tertiary/aromatic N) is 3. The minimum absolute atomic E-state index is 0.152. The van der Waals surface area contributed by atoms with Crippen LogP contribution >= 0.6 is 0 Å². The van der Waals surface area contributed by atoms with Crippen molar-refractivity contribution in [1.29, 1.82) is 0 Å². The van der Waals surface area contributed by atoms with Gasteiger partial charge in [-0.2, -0.15) is 0 Å². The summed E-state index contributed by atoms with van der Waals surface area (Å²) in [6.45, 7) is 9.84. The van der Waals surface area contributed by atoms with Crippen molar-refractivity contribution in [2.24, 2.45) is 0 Å². The SMILES string of the molecule is CNC(=O)c1cc(-c2nc(C)nc3[nH]c4cc(-c5c(C)noc5C)c(OC)cc4c23)c(C(C)C)[nH]1. The van der Waals surface area contributed by atoms with Gasteiger partial charge in [0.15, 0.2) is 0 Å². The fourth-order valence-corrected chi connectivity index (χ4v) is 4.74. The molecule has 0 aliphatic heterocycles. The zero-order chi connectivity index (χ0) is 25.0. The van der Waals surface area contributed by atoms with Crippen molar-refractivity contribution in [2.45, 2.75) is 40.5 Å². The monoisotopic (exact) mass is 472 g/mol. The number of hydrogen-bond donors (Lipinski definition) is 3. The summed E-state index contributed by atoms with van der Waals surface area (Å²) in [5.74, 6) is 2.03. The number of methoxy groups -OCH3 is 1. The van der Waals surface area contributed by atoms with Gasteiger partial charge < -0.3 is 24.5 Å². The number of aryl methyl sites for hydroxylation is 3. The fourth-order valence-electron chi connectivity index (χ4n) is 4.74. The van der Waals surface area contributed by atoms with Gasteiger partial charge in [-0.3, -0.25) is 4.79 Å². The summed E-state index contributed by atoms with van der Waals surface area (Å²) >= 11 is 0. The van der Waals surface area contributed by atoms with Gasteiger partial charge in [0.25, 0.3) is 5.91 Å². The second kappa shape index (κ2) is 8.26. The van der Waals surface area contributed by atoms with E-state index in [2.05, 4.69) is 39.3 Å². The van der Waals surface area contributed by atoms with E-state index in [4.69, 9.17) is 14.2 Å². The largest absolute Gasteiger partial charge is 0.496 e. The summed E-state index contributed by atoms with van der Waals surface area (Å²) in [4.78, 5) is 28.7. The smallest absolute Gasteiger partial charge is 0.267 e. The standard InChI is InChI=1S/C26H28N6O3/c1-11(2)23-17(9-19(30-23)26(33)27-6)24-22-15-10-20(34-7)16(21-12(3)32-35-13(21)4)8-18(15)31-25(22)29-14(5)28-24/h8-11,30H,1-7H3,(H,27,33)(H,28,29,31). The molecule has 5 rings (SSSR count). The van der Waals surface area contributed by atoms with E-state index in [1.807, 2.05) is 39.0 Å². The van der Waals surface area contributed by atoms with Crippen LogP contribution in [0.25, 0.3) is 44.3 Å². The quantitative estimate of drug-likeness (QED) is 0.324. The Balaban J connectivity index is 1.84. The molecule has 9 heteroatoms. The van der Waals surface area contributed by atoms with Crippen molar-refractivity contribution >= 4 is 27.8 Å². The minimum Gasteiger partial charge on any atom is -0.496 e. The molecule has 0 unspecified atom stereocenters. The molecule has 4 aromatic heterocycles. The Labute approximate surface area is 202 Å². The number of fused-ring (bicyclic) bond motifs is 3. The van der Waals surface area contributed by atoms with Gasteiger partial charge in [0.05, 0.1) is 29.4 Å². The number of hydrogen-bond acceptors (Lipinski definition) is 6. The van der Waals surface area contributed by atoms with E-state index in [0.717, 1.165) is 61.5 Å². The molecule has 0 aliphatic carbocycles. The highest BCUT2D eigenvalue weighted by molar-refractivity contribution is 6.14. The van der Waals surface area contributed by atoms with Crippen molar-refractivity contribution in [3.8, 4) is 28.1 Å². The average molecular weight is 473 g/mol. The molecule has 3 N–H and O–H groups in total. The van der Waals surface area contributed by atoms with E-state index >= 15 is 0 Å². The second-order valence-electron chi connectivity index (χ2n) is 9.01. The van der Waals surface area contributed by atoms with E-state index in [1.54, 1.807) is 14.2 Å². The Morgan fingerprint density at radius 2 is 1.86 bits per heavy atom. The van der Waals surface area contributed by atoms with E-state index in [1.165, 1.54) is 0 Å². The lowest BCUT2D eigenvalue weighted by Crippen LogP contribution is -2.18. The molecule has 0 saturated heterocycles. The van der Waals surface area contributed by atoms with E-state index in [0.29, 0.717) is 17.3 Å². The van der Waals surface area contributed by atoms with Crippen molar-refractivity contribution in [3.05, 3.63) is 46.9 Å². The molecule has 0 saturated carbocycles. The molecule has 35 heavy (non-hydrogen) atoms. The highest BCUT2D eigenvalue weighted by Crippen LogP contribution is 2.42. The number of aromatic amines is 2. The predicted octanol–water partition coefficient (Wildman–Crippen LogP) is 5.18. The van der Waals surface area contributed by atoms with Crippen molar-refractivity contribution < 1.29 is 14.1 Å². The topological polar surface area (TPSA) is 122 Å². The molecular formula is C26H28N6O3. The molecule has 1 amide bonds. The number of carbonyl (C=O) groups is 1. The maximum Gasteiger partial charge on any atom is 0.267 e. The van der Waals surface area contributed by atoms with Gasteiger partial charge in [-0.15, -0.1) is 0 Å². The Kier molecular flexibility index (Phi) is 5.35. The van der Waals surface area contributed by atoms with Crippen LogP contribution in [0.5, 0.6) is 5.75 Å².